The molecule has 7 heteroatoms. The molecule has 0 heterocycles. The van der Waals surface area contributed by atoms with Gasteiger partial charge in [0.05, 0.1) is 24.4 Å². The molecule has 112 valence electrons. The van der Waals surface area contributed by atoms with Gasteiger partial charge in [0.2, 0.25) is 0 Å². The monoisotopic (exact) mass is 345 g/mol. The molecule has 0 saturated carbocycles. The average Bonchev–Trinajstić information content (AvgIpc) is 2.37. The third-order valence-electron chi connectivity index (χ3n) is 2.70. The summed E-state index contributed by atoms with van der Waals surface area (Å²) < 4.78 is 11.1. The molecule has 0 radical (unpaired) electrons. The average molecular weight is 346 g/mol. The molecule has 3 N–H and O–H groups in total. The van der Waals surface area contributed by atoms with E-state index in [2.05, 4.69) is 21.2 Å². The summed E-state index contributed by atoms with van der Waals surface area (Å²) in [5.74, 6) is 0.430. The fourth-order valence-electron chi connectivity index (χ4n) is 1.74. The number of nitrogens with two attached hydrogens (primary N) is 1. The number of rotatable bonds is 6. The van der Waals surface area contributed by atoms with E-state index in [1.165, 1.54) is 14.2 Å². The second kappa shape index (κ2) is 7.35. The first-order valence-corrected chi connectivity index (χ1v) is 6.84. The lowest BCUT2D eigenvalue weighted by atomic mass is 10.1. The molecule has 6 nitrogen and oxygen atoms in total. The largest absolute Gasteiger partial charge is 0.495 e. The van der Waals surface area contributed by atoms with Gasteiger partial charge in [-0.15, -0.1) is 0 Å². The minimum Gasteiger partial charge on any atom is -0.495 e. The first kappa shape index (κ1) is 16.6. The highest BCUT2D eigenvalue weighted by Gasteiger charge is 2.23. The second-order valence-corrected chi connectivity index (χ2v) is 5.30. The van der Waals surface area contributed by atoms with Gasteiger partial charge in [0, 0.05) is 13.1 Å². The summed E-state index contributed by atoms with van der Waals surface area (Å²) in [4.78, 5) is 14.3. The number of ether oxygens (including phenoxy) is 2. The van der Waals surface area contributed by atoms with Gasteiger partial charge in [-0.25, -0.2) is 0 Å². The number of nitrogens with one attached hydrogen (secondary N) is 1. The summed E-state index contributed by atoms with van der Waals surface area (Å²) in [5, 5.41) is 2.82. The Morgan fingerprint density at radius 1 is 1.35 bits per heavy atom. The number of nitrogens with zero attached hydrogens (tertiary/aromatic N) is 1. The molecule has 0 saturated heterocycles. The summed E-state index contributed by atoms with van der Waals surface area (Å²) >= 11 is 3.33. The summed E-state index contributed by atoms with van der Waals surface area (Å²) in [6.45, 7) is 1.25. The number of hydrogen-bond donors (Lipinski definition) is 2. The Hall–Kier alpha value is -1.47. The van der Waals surface area contributed by atoms with Gasteiger partial charge < -0.3 is 25.4 Å². The van der Waals surface area contributed by atoms with Crippen molar-refractivity contribution < 1.29 is 14.3 Å². The Morgan fingerprint density at radius 3 is 2.45 bits per heavy atom. The standard InChI is InChI=1S/C13H20BrN3O3/c1-17(2)6-5-16-13(18)10-11(19-3)8(14)7-9(15)12(10)20-4/h7H,5-6,15H2,1-4H3,(H,16,18). The normalized spacial score (nSPS) is 10.5. The van der Waals surface area contributed by atoms with Crippen molar-refractivity contribution in [3.63, 3.8) is 0 Å². The lowest BCUT2D eigenvalue weighted by molar-refractivity contribution is 0.0944. The van der Waals surface area contributed by atoms with Gasteiger partial charge in [-0.1, -0.05) is 0 Å². The summed E-state index contributed by atoms with van der Waals surface area (Å²) in [5.41, 5.74) is 6.54. The van der Waals surface area contributed by atoms with E-state index in [9.17, 15) is 4.79 Å². The minimum atomic E-state index is -0.284. The molecule has 0 unspecified atom stereocenters. The van der Waals surface area contributed by atoms with E-state index in [-0.39, 0.29) is 5.91 Å². The molecule has 0 atom stereocenters. The highest BCUT2D eigenvalue weighted by Crippen LogP contribution is 2.40. The van der Waals surface area contributed by atoms with Crippen molar-refractivity contribution in [2.24, 2.45) is 0 Å². The predicted octanol–water partition coefficient (Wildman–Crippen LogP) is 1.34. The molecular weight excluding hydrogens is 326 g/mol. The molecule has 0 fully saturated rings. The highest BCUT2D eigenvalue weighted by molar-refractivity contribution is 9.10. The van der Waals surface area contributed by atoms with Gasteiger partial charge in [-0.2, -0.15) is 0 Å². The number of carbonyl (C=O) groups is 1. The van der Waals surface area contributed by atoms with Crippen LogP contribution in [0.2, 0.25) is 0 Å². The van der Waals surface area contributed by atoms with Crippen molar-refractivity contribution in [1.29, 1.82) is 0 Å². The van der Waals surface area contributed by atoms with Crippen LogP contribution in [0.25, 0.3) is 0 Å². The summed E-state index contributed by atoms with van der Waals surface area (Å²) in [7, 11) is 6.83. The van der Waals surface area contributed by atoms with Crippen molar-refractivity contribution in [3.8, 4) is 11.5 Å². The molecule has 1 amide bonds. The third-order valence-corrected chi connectivity index (χ3v) is 3.28. The van der Waals surface area contributed by atoms with Crippen LogP contribution in [0.4, 0.5) is 5.69 Å². The minimum absolute atomic E-state index is 0.284. The molecular formula is C13H20BrN3O3. The third kappa shape index (κ3) is 3.77. The van der Waals surface area contributed by atoms with Crippen LogP contribution in [0, 0.1) is 0 Å². The molecule has 0 aliphatic carbocycles. The highest BCUT2D eigenvalue weighted by atomic mass is 79.9. The fraction of sp³-hybridized carbons (Fsp3) is 0.462. The lowest BCUT2D eigenvalue weighted by Crippen LogP contribution is -2.32. The molecule has 0 aromatic heterocycles. The number of halogens is 1. The Bertz CT molecular complexity index is 464. The number of likely N-dealkylation sites (N-methyl/N-ethyl adjacent to an activating group) is 1. The summed E-state index contributed by atoms with van der Waals surface area (Å²) in [6.07, 6.45) is 0. The summed E-state index contributed by atoms with van der Waals surface area (Å²) in [6, 6.07) is 1.65. The zero-order valence-electron chi connectivity index (χ0n) is 12.1. The smallest absolute Gasteiger partial charge is 0.259 e. The van der Waals surface area contributed by atoms with Gasteiger partial charge in [0.1, 0.15) is 11.3 Å². The van der Waals surface area contributed by atoms with Crippen LogP contribution < -0.4 is 20.5 Å². The number of methoxy groups -OCH3 is 2. The van der Waals surface area contributed by atoms with Crippen LogP contribution >= 0.6 is 15.9 Å². The first-order valence-electron chi connectivity index (χ1n) is 6.05. The Kier molecular flexibility index (Phi) is 6.09. The maximum Gasteiger partial charge on any atom is 0.259 e. The van der Waals surface area contributed by atoms with Gasteiger partial charge in [-0.05, 0) is 36.1 Å². The SMILES string of the molecule is COc1c(N)cc(Br)c(OC)c1C(=O)NCCN(C)C. The van der Waals surface area contributed by atoms with E-state index < -0.39 is 0 Å². The van der Waals surface area contributed by atoms with E-state index in [0.29, 0.717) is 33.8 Å². The molecule has 1 rings (SSSR count). The van der Waals surface area contributed by atoms with Crippen LogP contribution in [0.3, 0.4) is 0 Å². The number of anilines is 1. The quantitative estimate of drug-likeness (QED) is 0.761. The van der Waals surface area contributed by atoms with Crippen LogP contribution in [-0.2, 0) is 0 Å². The number of carbonyl (C=O) groups excluding carboxylic acids is 1. The van der Waals surface area contributed by atoms with Gasteiger partial charge in [-0.3, -0.25) is 4.79 Å². The number of amides is 1. The number of benzene rings is 1. The molecule has 1 aromatic rings. The van der Waals surface area contributed by atoms with Gasteiger partial charge >= 0.3 is 0 Å². The topological polar surface area (TPSA) is 76.8 Å². The Labute approximate surface area is 127 Å². The zero-order valence-corrected chi connectivity index (χ0v) is 13.7. The van der Waals surface area contributed by atoms with Crippen molar-refractivity contribution >= 4 is 27.5 Å². The van der Waals surface area contributed by atoms with E-state index in [1.54, 1.807) is 6.07 Å². The lowest BCUT2D eigenvalue weighted by Gasteiger charge is -2.17. The maximum atomic E-state index is 12.3. The van der Waals surface area contributed by atoms with Crippen molar-refractivity contribution in [3.05, 3.63) is 16.1 Å². The number of nitrogen functional groups attached to an aromatic ring is 1. The maximum absolute atomic E-state index is 12.3. The Morgan fingerprint density at radius 2 is 1.95 bits per heavy atom. The van der Waals surface area contributed by atoms with Crippen molar-refractivity contribution in [1.82, 2.24) is 10.2 Å². The van der Waals surface area contributed by atoms with Gasteiger partial charge in [0.15, 0.2) is 5.75 Å². The molecule has 20 heavy (non-hydrogen) atoms. The van der Waals surface area contributed by atoms with E-state index in [1.807, 2.05) is 19.0 Å². The molecule has 0 spiro atoms. The zero-order chi connectivity index (χ0) is 15.3. The van der Waals surface area contributed by atoms with Crippen molar-refractivity contribution in [2.75, 3.05) is 47.1 Å². The molecule has 0 bridgehead atoms. The second-order valence-electron chi connectivity index (χ2n) is 4.45. The van der Waals surface area contributed by atoms with Crippen LogP contribution in [0.5, 0.6) is 11.5 Å². The fourth-order valence-corrected chi connectivity index (χ4v) is 2.35. The molecule has 0 aliphatic rings. The molecule has 0 aliphatic heterocycles. The van der Waals surface area contributed by atoms with Crippen LogP contribution in [0.1, 0.15) is 10.4 Å². The Balaban J connectivity index is 3.10. The van der Waals surface area contributed by atoms with E-state index >= 15 is 0 Å². The van der Waals surface area contributed by atoms with Crippen LogP contribution in [-0.4, -0.2) is 52.2 Å². The van der Waals surface area contributed by atoms with E-state index in [0.717, 1.165) is 6.54 Å². The first-order chi connectivity index (χ1) is 9.42. The molecule has 1 aromatic carbocycles. The van der Waals surface area contributed by atoms with Crippen LogP contribution in [0.15, 0.2) is 10.5 Å². The van der Waals surface area contributed by atoms with Crippen molar-refractivity contribution in [2.45, 2.75) is 0 Å². The van der Waals surface area contributed by atoms with E-state index in [4.69, 9.17) is 15.2 Å². The number of hydrogen-bond acceptors (Lipinski definition) is 5. The predicted molar refractivity (Wildman–Crippen MR) is 82.5 cm³/mol. The van der Waals surface area contributed by atoms with Gasteiger partial charge in [0.25, 0.3) is 5.91 Å².